The van der Waals surface area contributed by atoms with Gasteiger partial charge in [0.15, 0.2) is 0 Å². The Hall–Kier alpha value is -2.76. The van der Waals surface area contributed by atoms with Crippen LogP contribution in [0, 0.1) is 11.6 Å². The summed E-state index contributed by atoms with van der Waals surface area (Å²) in [7, 11) is 0. The van der Waals surface area contributed by atoms with Crippen LogP contribution in [-0.4, -0.2) is 17.9 Å². The van der Waals surface area contributed by atoms with Gasteiger partial charge in [0.1, 0.15) is 17.7 Å². The molecule has 0 saturated heterocycles. The van der Waals surface area contributed by atoms with E-state index in [1.165, 1.54) is 0 Å². The topological polar surface area (TPSA) is 72.2 Å². The Balaban J connectivity index is 2.04. The van der Waals surface area contributed by atoms with Gasteiger partial charge in [0.25, 0.3) is 5.91 Å². The summed E-state index contributed by atoms with van der Waals surface area (Å²) in [4.78, 5) is 23.5. The molecule has 23 heavy (non-hydrogen) atoms. The van der Waals surface area contributed by atoms with E-state index < -0.39 is 29.5 Å². The van der Waals surface area contributed by atoms with Crippen LogP contribution in [-0.2, 0) is 11.2 Å². The molecule has 2 amide bonds. The smallest absolute Gasteiger partial charge is 0.252 e. The highest BCUT2D eigenvalue weighted by Crippen LogP contribution is 2.10. The summed E-state index contributed by atoms with van der Waals surface area (Å²) in [6, 6.07) is 10.9. The van der Waals surface area contributed by atoms with Gasteiger partial charge in [-0.2, -0.15) is 0 Å². The van der Waals surface area contributed by atoms with Crippen LogP contribution in [0.5, 0.6) is 0 Å². The maximum atomic E-state index is 13.1. The summed E-state index contributed by atoms with van der Waals surface area (Å²) in [6.45, 7) is 0. The molecule has 0 aliphatic rings. The molecule has 1 atom stereocenters. The minimum absolute atomic E-state index is 0.200. The number of primary amides is 1. The van der Waals surface area contributed by atoms with Crippen LogP contribution in [0.2, 0.25) is 0 Å². The molecule has 0 heterocycles. The van der Waals surface area contributed by atoms with E-state index in [1.807, 2.05) is 30.3 Å². The number of halogens is 2. The highest BCUT2D eigenvalue weighted by atomic mass is 19.1. The third-order valence-corrected chi connectivity index (χ3v) is 3.34. The Morgan fingerprint density at radius 2 is 1.65 bits per heavy atom. The van der Waals surface area contributed by atoms with Crippen molar-refractivity contribution in [2.45, 2.75) is 18.9 Å². The van der Waals surface area contributed by atoms with Crippen molar-refractivity contribution in [1.82, 2.24) is 5.32 Å². The Morgan fingerprint density at radius 1 is 1.04 bits per heavy atom. The van der Waals surface area contributed by atoms with Crippen molar-refractivity contribution in [3.05, 3.63) is 71.3 Å². The van der Waals surface area contributed by atoms with Crippen LogP contribution in [0.4, 0.5) is 8.78 Å². The molecule has 0 aliphatic carbocycles. The second-order valence-electron chi connectivity index (χ2n) is 5.11. The monoisotopic (exact) mass is 318 g/mol. The zero-order chi connectivity index (χ0) is 16.8. The normalized spacial score (nSPS) is 11.7. The third kappa shape index (κ3) is 4.88. The minimum Gasteiger partial charge on any atom is -0.368 e. The Labute approximate surface area is 132 Å². The summed E-state index contributed by atoms with van der Waals surface area (Å²) in [5.74, 6) is -3.18. The Bertz CT molecular complexity index is 685. The van der Waals surface area contributed by atoms with Crippen LogP contribution >= 0.6 is 0 Å². The maximum Gasteiger partial charge on any atom is 0.252 e. The first kappa shape index (κ1) is 16.6. The first-order valence-electron chi connectivity index (χ1n) is 7.06. The van der Waals surface area contributed by atoms with E-state index in [0.29, 0.717) is 18.9 Å². The second-order valence-corrected chi connectivity index (χ2v) is 5.11. The van der Waals surface area contributed by atoms with Crippen LogP contribution in [0.25, 0.3) is 0 Å². The van der Waals surface area contributed by atoms with E-state index in [0.717, 1.165) is 17.7 Å². The number of hydrogen-bond donors (Lipinski definition) is 2. The van der Waals surface area contributed by atoms with Gasteiger partial charge in [-0.1, -0.05) is 30.3 Å². The third-order valence-electron chi connectivity index (χ3n) is 3.34. The SMILES string of the molecule is NC(=O)[C@@H](CCc1ccccc1)NC(=O)c1cc(F)cc(F)c1. The molecule has 0 unspecified atom stereocenters. The summed E-state index contributed by atoms with van der Waals surface area (Å²) < 4.78 is 26.3. The largest absolute Gasteiger partial charge is 0.368 e. The summed E-state index contributed by atoms with van der Waals surface area (Å²) in [5.41, 5.74) is 6.08. The molecule has 3 N–H and O–H groups in total. The lowest BCUT2D eigenvalue weighted by molar-refractivity contribution is -0.120. The molecule has 4 nitrogen and oxygen atoms in total. The van der Waals surface area contributed by atoms with Gasteiger partial charge in [0.05, 0.1) is 0 Å². The molecule has 120 valence electrons. The molecule has 0 aliphatic heterocycles. The fourth-order valence-corrected chi connectivity index (χ4v) is 2.17. The number of hydrogen-bond acceptors (Lipinski definition) is 2. The van der Waals surface area contributed by atoms with Crippen molar-refractivity contribution in [2.24, 2.45) is 5.73 Å². The predicted octanol–water partition coefficient (Wildman–Crippen LogP) is 2.18. The number of benzene rings is 2. The molecule has 2 rings (SSSR count). The van der Waals surface area contributed by atoms with Crippen molar-refractivity contribution >= 4 is 11.8 Å². The number of rotatable bonds is 6. The molecule has 2 aromatic carbocycles. The zero-order valence-electron chi connectivity index (χ0n) is 12.3. The van der Waals surface area contributed by atoms with Crippen molar-refractivity contribution in [3.63, 3.8) is 0 Å². The Morgan fingerprint density at radius 3 is 2.22 bits per heavy atom. The van der Waals surface area contributed by atoms with Crippen LogP contribution in [0.1, 0.15) is 22.3 Å². The number of aryl methyl sites for hydroxylation is 1. The summed E-state index contributed by atoms with van der Waals surface area (Å²) in [5, 5.41) is 2.41. The van der Waals surface area contributed by atoms with E-state index >= 15 is 0 Å². The first-order chi connectivity index (χ1) is 11.0. The standard InChI is InChI=1S/C17H16F2N2O2/c18-13-8-12(9-14(19)10-13)17(23)21-15(16(20)22)7-6-11-4-2-1-3-5-11/h1-5,8-10,15H,6-7H2,(H2,20,22)(H,21,23)/t15-/m1/s1. The van der Waals surface area contributed by atoms with Crippen LogP contribution in [0.15, 0.2) is 48.5 Å². The lowest BCUT2D eigenvalue weighted by atomic mass is 10.0. The zero-order valence-corrected chi connectivity index (χ0v) is 12.3. The molecule has 0 aromatic heterocycles. The molecule has 0 fully saturated rings. The van der Waals surface area contributed by atoms with Gasteiger partial charge in [-0.15, -0.1) is 0 Å². The molecule has 0 saturated carbocycles. The summed E-state index contributed by atoms with van der Waals surface area (Å²) >= 11 is 0. The average molecular weight is 318 g/mol. The molecule has 0 radical (unpaired) electrons. The second kappa shape index (κ2) is 7.49. The van der Waals surface area contributed by atoms with E-state index in [2.05, 4.69) is 5.32 Å². The molecular formula is C17H16F2N2O2. The number of amides is 2. The van der Waals surface area contributed by atoms with E-state index in [4.69, 9.17) is 5.73 Å². The highest BCUT2D eigenvalue weighted by molar-refractivity contribution is 5.97. The van der Waals surface area contributed by atoms with Gasteiger partial charge in [-0.05, 0) is 30.5 Å². The number of carbonyl (C=O) groups is 2. The van der Waals surface area contributed by atoms with Crippen molar-refractivity contribution in [3.8, 4) is 0 Å². The average Bonchev–Trinajstić information content (AvgIpc) is 2.51. The molecular weight excluding hydrogens is 302 g/mol. The number of nitrogens with one attached hydrogen (secondary N) is 1. The van der Waals surface area contributed by atoms with Crippen molar-refractivity contribution in [2.75, 3.05) is 0 Å². The van der Waals surface area contributed by atoms with Gasteiger partial charge < -0.3 is 11.1 Å². The molecule has 0 bridgehead atoms. The Kier molecular flexibility index (Phi) is 5.41. The lowest BCUT2D eigenvalue weighted by Crippen LogP contribution is -2.44. The van der Waals surface area contributed by atoms with E-state index in [9.17, 15) is 18.4 Å². The maximum absolute atomic E-state index is 13.1. The lowest BCUT2D eigenvalue weighted by Gasteiger charge is -2.15. The molecule has 6 heteroatoms. The predicted molar refractivity (Wildman–Crippen MR) is 81.6 cm³/mol. The van der Waals surface area contributed by atoms with Crippen LogP contribution in [0.3, 0.4) is 0 Å². The quantitative estimate of drug-likeness (QED) is 0.857. The van der Waals surface area contributed by atoms with Gasteiger partial charge in [0, 0.05) is 11.6 Å². The van der Waals surface area contributed by atoms with E-state index in [-0.39, 0.29) is 5.56 Å². The van der Waals surface area contributed by atoms with Gasteiger partial charge in [-0.25, -0.2) is 8.78 Å². The summed E-state index contributed by atoms with van der Waals surface area (Å²) in [6.07, 6.45) is 0.828. The number of nitrogens with two attached hydrogens (primary N) is 1. The molecule has 2 aromatic rings. The van der Waals surface area contributed by atoms with Crippen molar-refractivity contribution < 1.29 is 18.4 Å². The van der Waals surface area contributed by atoms with Gasteiger partial charge in [0.2, 0.25) is 5.91 Å². The first-order valence-corrected chi connectivity index (χ1v) is 7.06. The van der Waals surface area contributed by atoms with Crippen LogP contribution < -0.4 is 11.1 Å². The van der Waals surface area contributed by atoms with Gasteiger partial charge >= 0.3 is 0 Å². The van der Waals surface area contributed by atoms with Gasteiger partial charge in [-0.3, -0.25) is 9.59 Å². The van der Waals surface area contributed by atoms with E-state index in [1.54, 1.807) is 0 Å². The fourth-order valence-electron chi connectivity index (χ4n) is 2.17. The fraction of sp³-hybridized carbons (Fsp3) is 0.176. The molecule has 0 spiro atoms. The highest BCUT2D eigenvalue weighted by Gasteiger charge is 2.19. The number of carbonyl (C=O) groups excluding carboxylic acids is 2. The van der Waals surface area contributed by atoms with Crippen molar-refractivity contribution in [1.29, 1.82) is 0 Å². The minimum atomic E-state index is -0.922.